The van der Waals surface area contributed by atoms with Gasteiger partial charge in [0.15, 0.2) is 5.96 Å². The fraction of sp³-hybridized carbons (Fsp3) is 0.350. The van der Waals surface area contributed by atoms with Gasteiger partial charge in [0.05, 0.1) is 18.0 Å². The van der Waals surface area contributed by atoms with Crippen molar-refractivity contribution in [3.05, 3.63) is 59.7 Å². The van der Waals surface area contributed by atoms with Gasteiger partial charge in [-0.2, -0.15) is 0 Å². The molecular formula is C20H29IN4O3S. The Balaban J connectivity index is 0.00000420. The van der Waals surface area contributed by atoms with E-state index >= 15 is 0 Å². The number of sulfonamides is 1. The van der Waals surface area contributed by atoms with Crippen LogP contribution in [0.25, 0.3) is 0 Å². The van der Waals surface area contributed by atoms with Crippen LogP contribution in [0, 0.1) is 0 Å². The third kappa shape index (κ3) is 7.92. The smallest absolute Gasteiger partial charge is 0.241 e. The molecule has 0 amide bonds. The van der Waals surface area contributed by atoms with Crippen LogP contribution in [0.15, 0.2) is 58.4 Å². The van der Waals surface area contributed by atoms with Gasteiger partial charge in [-0.25, -0.2) is 18.1 Å². The number of nitrogens with two attached hydrogens (primary N) is 1. The topological polar surface area (TPSA) is 106 Å². The standard InChI is InChI=1S/C20H28N4O3S.HI/c1-20(2,3)24-28(25,26)18-12-8-6-9-15(18)13-22-19(21)23-17-11-7-5-10-16(17)14-27-4;/h5-12,24H,13-14H2,1-4H3,(H3,21,22,23);1H. The molecule has 0 heterocycles. The molecular weight excluding hydrogens is 503 g/mol. The second-order valence-electron chi connectivity index (χ2n) is 7.38. The summed E-state index contributed by atoms with van der Waals surface area (Å²) in [5.41, 5.74) is 7.73. The molecule has 160 valence electrons. The molecule has 2 aromatic carbocycles. The van der Waals surface area contributed by atoms with Crippen molar-refractivity contribution in [3.8, 4) is 0 Å². The minimum Gasteiger partial charge on any atom is -0.380 e. The van der Waals surface area contributed by atoms with Gasteiger partial charge in [0.1, 0.15) is 0 Å². The summed E-state index contributed by atoms with van der Waals surface area (Å²) < 4.78 is 33.2. The molecule has 0 saturated heterocycles. The second kappa shape index (κ2) is 10.9. The fourth-order valence-corrected chi connectivity index (χ4v) is 4.28. The van der Waals surface area contributed by atoms with Gasteiger partial charge in [-0.15, -0.1) is 24.0 Å². The number of methoxy groups -OCH3 is 1. The van der Waals surface area contributed by atoms with Crippen LogP contribution in [0.3, 0.4) is 0 Å². The van der Waals surface area contributed by atoms with Crippen LogP contribution < -0.4 is 15.8 Å². The van der Waals surface area contributed by atoms with Crippen LogP contribution in [-0.4, -0.2) is 27.0 Å². The number of hydrogen-bond acceptors (Lipinski definition) is 4. The molecule has 9 heteroatoms. The van der Waals surface area contributed by atoms with Crippen LogP contribution in [-0.2, 0) is 27.9 Å². The lowest BCUT2D eigenvalue weighted by Crippen LogP contribution is -2.40. The zero-order valence-electron chi connectivity index (χ0n) is 17.1. The number of guanidine groups is 1. The molecule has 0 radical (unpaired) electrons. The summed E-state index contributed by atoms with van der Waals surface area (Å²) in [6, 6.07) is 14.4. The molecule has 0 aliphatic rings. The minimum atomic E-state index is -3.67. The quantitative estimate of drug-likeness (QED) is 0.288. The number of nitrogens with one attached hydrogen (secondary N) is 2. The number of hydrogen-bond donors (Lipinski definition) is 3. The molecule has 0 aliphatic carbocycles. The van der Waals surface area contributed by atoms with Gasteiger partial charge in [0.25, 0.3) is 0 Å². The van der Waals surface area contributed by atoms with Gasteiger partial charge in [0, 0.05) is 23.9 Å². The minimum absolute atomic E-state index is 0. The van der Waals surface area contributed by atoms with E-state index < -0.39 is 15.6 Å². The van der Waals surface area contributed by atoms with Crippen molar-refractivity contribution in [2.45, 2.75) is 44.4 Å². The number of para-hydroxylation sites is 1. The number of benzene rings is 2. The van der Waals surface area contributed by atoms with Crippen molar-refractivity contribution in [1.29, 1.82) is 0 Å². The molecule has 0 spiro atoms. The number of anilines is 1. The third-order valence-corrected chi connectivity index (χ3v) is 5.56. The van der Waals surface area contributed by atoms with Crippen LogP contribution >= 0.6 is 24.0 Å². The first-order valence-electron chi connectivity index (χ1n) is 8.88. The average molecular weight is 532 g/mol. The molecule has 0 saturated carbocycles. The molecule has 29 heavy (non-hydrogen) atoms. The number of halogens is 1. The van der Waals surface area contributed by atoms with Crippen molar-refractivity contribution in [3.63, 3.8) is 0 Å². The Morgan fingerprint density at radius 2 is 1.66 bits per heavy atom. The van der Waals surface area contributed by atoms with E-state index in [0.717, 1.165) is 11.3 Å². The van der Waals surface area contributed by atoms with Crippen LogP contribution in [0.1, 0.15) is 31.9 Å². The summed E-state index contributed by atoms with van der Waals surface area (Å²) in [6.45, 7) is 5.96. The Morgan fingerprint density at radius 3 is 2.28 bits per heavy atom. The van der Waals surface area contributed by atoms with Gasteiger partial charge in [-0.05, 0) is 38.5 Å². The first-order valence-corrected chi connectivity index (χ1v) is 10.4. The largest absolute Gasteiger partial charge is 0.380 e. The number of rotatable bonds is 7. The predicted octanol–water partition coefficient (Wildman–Crippen LogP) is 3.45. The Kier molecular flexibility index (Phi) is 9.53. The summed E-state index contributed by atoms with van der Waals surface area (Å²) >= 11 is 0. The number of nitrogens with zero attached hydrogens (tertiary/aromatic N) is 1. The maximum atomic E-state index is 12.7. The van der Waals surface area contributed by atoms with E-state index in [1.807, 2.05) is 24.3 Å². The first kappa shape index (κ1) is 25.3. The lowest BCUT2D eigenvalue weighted by Gasteiger charge is -2.21. The first-order chi connectivity index (χ1) is 13.1. The zero-order chi connectivity index (χ0) is 20.8. The highest BCUT2D eigenvalue weighted by Gasteiger charge is 2.24. The van der Waals surface area contributed by atoms with Gasteiger partial charge in [-0.1, -0.05) is 36.4 Å². The van der Waals surface area contributed by atoms with Gasteiger partial charge >= 0.3 is 0 Å². The summed E-state index contributed by atoms with van der Waals surface area (Å²) in [5.74, 6) is 0.194. The van der Waals surface area contributed by atoms with E-state index in [2.05, 4.69) is 15.0 Å². The number of ether oxygens (including phenoxy) is 1. The van der Waals surface area contributed by atoms with Crippen molar-refractivity contribution in [2.24, 2.45) is 10.7 Å². The molecule has 0 aliphatic heterocycles. The molecule has 0 fully saturated rings. The SMILES string of the molecule is COCc1ccccc1NC(N)=NCc1ccccc1S(=O)(=O)NC(C)(C)C.I. The van der Waals surface area contributed by atoms with E-state index in [1.165, 1.54) is 0 Å². The van der Waals surface area contributed by atoms with E-state index in [4.69, 9.17) is 10.5 Å². The van der Waals surface area contributed by atoms with Crippen LogP contribution in [0.5, 0.6) is 0 Å². The van der Waals surface area contributed by atoms with E-state index in [0.29, 0.717) is 12.2 Å². The zero-order valence-corrected chi connectivity index (χ0v) is 20.2. The Bertz CT molecular complexity index is 941. The molecule has 0 atom stereocenters. The monoisotopic (exact) mass is 532 g/mol. The highest BCUT2D eigenvalue weighted by Crippen LogP contribution is 2.19. The lowest BCUT2D eigenvalue weighted by atomic mass is 10.1. The Labute approximate surface area is 190 Å². The van der Waals surface area contributed by atoms with Crippen molar-refractivity contribution in [1.82, 2.24) is 4.72 Å². The average Bonchev–Trinajstić information content (AvgIpc) is 2.60. The van der Waals surface area contributed by atoms with Crippen LogP contribution in [0.2, 0.25) is 0 Å². The Morgan fingerprint density at radius 1 is 1.07 bits per heavy atom. The van der Waals surface area contributed by atoms with E-state index in [9.17, 15) is 8.42 Å². The van der Waals surface area contributed by atoms with E-state index in [-0.39, 0.29) is 41.4 Å². The summed E-state index contributed by atoms with van der Waals surface area (Å²) in [4.78, 5) is 4.51. The molecule has 7 nitrogen and oxygen atoms in total. The van der Waals surface area contributed by atoms with Crippen molar-refractivity contribution < 1.29 is 13.2 Å². The fourth-order valence-electron chi connectivity index (χ4n) is 2.63. The lowest BCUT2D eigenvalue weighted by molar-refractivity contribution is 0.185. The Hall–Kier alpha value is -1.69. The summed E-state index contributed by atoms with van der Waals surface area (Å²) in [6.07, 6.45) is 0. The van der Waals surface area contributed by atoms with Gasteiger partial charge in [0.2, 0.25) is 10.0 Å². The highest BCUT2D eigenvalue weighted by molar-refractivity contribution is 14.0. The summed E-state index contributed by atoms with van der Waals surface area (Å²) in [7, 11) is -2.04. The third-order valence-electron chi connectivity index (χ3n) is 3.70. The van der Waals surface area contributed by atoms with E-state index in [1.54, 1.807) is 52.1 Å². The summed E-state index contributed by atoms with van der Waals surface area (Å²) in [5, 5.41) is 3.04. The molecule has 0 bridgehead atoms. The highest BCUT2D eigenvalue weighted by atomic mass is 127. The molecule has 0 unspecified atom stereocenters. The maximum Gasteiger partial charge on any atom is 0.241 e. The number of aliphatic imine (C=N–C) groups is 1. The van der Waals surface area contributed by atoms with Gasteiger partial charge < -0.3 is 15.8 Å². The van der Waals surface area contributed by atoms with Gasteiger partial charge in [-0.3, -0.25) is 0 Å². The molecule has 0 aromatic heterocycles. The second-order valence-corrected chi connectivity index (χ2v) is 9.03. The molecule has 4 N–H and O–H groups in total. The maximum absolute atomic E-state index is 12.7. The van der Waals surface area contributed by atoms with Crippen LogP contribution in [0.4, 0.5) is 5.69 Å². The predicted molar refractivity (Wildman–Crippen MR) is 128 cm³/mol. The molecule has 2 rings (SSSR count). The normalized spacial score (nSPS) is 12.3. The van der Waals surface area contributed by atoms with Crippen molar-refractivity contribution >= 4 is 45.6 Å². The van der Waals surface area contributed by atoms with Crippen molar-refractivity contribution in [2.75, 3.05) is 12.4 Å². The molecule has 2 aromatic rings.